The number of unbranched alkanes of at least 4 members (excludes halogenated alkanes) is 27. The molecule has 0 spiro atoms. The van der Waals surface area contributed by atoms with Gasteiger partial charge in [0.2, 0.25) is 5.91 Å². The summed E-state index contributed by atoms with van der Waals surface area (Å²) in [4.78, 5) is 26.6. The summed E-state index contributed by atoms with van der Waals surface area (Å²) >= 11 is 0. The molecule has 11 nitrogen and oxygen atoms in total. The van der Waals surface area contributed by atoms with E-state index in [9.17, 15) is 35.1 Å². The zero-order valence-corrected chi connectivity index (χ0v) is 51.6. The molecule has 0 saturated carbocycles. The third-order valence-corrected chi connectivity index (χ3v) is 15.0. The summed E-state index contributed by atoms with van der Waals surface area (Å²) in [6.45, 7) is 5.64. The molecule has 1 fully saturated rings. The van der Waals surface area contributed by atoms with Crippen LogP contribution >= 0.6 is 0 Å². The SMILES string of the molecule is CC/C=C\C/C=C\C/C=C\C/C=C\C/C=C\CCCCCC(=O)OC1C(OCC(NC(=O)C(O)CCCCCCCCCCCC/C=C\C/C=C\CCCCC)C(O)/C=C/CCCCCCCCCCCCC)OC(CO)C(O)C1O. The van der Waals surface area contributed by atoms with Gasteiger partial charge in [-0.2, -0.15) is 0 Å². The van der Waals surface area contributed by atoms with Crippen LogP contribution in [0.3, 0.4) is 0 Å². The summed E-state index contributed by atoms with van der Waals surface area (Å²) in [7, 11) is 0. The van der Waals surface area contributed by atoms with Crippen LogP contribution in [0, 0.1) is 0 Å². The van der Waals surface area contributed by atoms with Crippen molar-refractivity contribution in [3.8, 4) is 0 Å². The molecule has 0 aliphatic carbocycles. The molecule has 1 saturated heterocycles. The molecule has 0 aromatic rings. The maximum atomic E-state index is 13.5. The van der Waals surface area contributed by atoms with Crippen molar-refractivity contribution in [1.29, 1.82) is 0 Å². The van der Waals surface area contributed by atoms with E-state index in [1.165, 1.54) is 122 Å². The summed E-state index contributed by atoms with van der Waals surface area (Å²) < 4.78 is 17.6. The molecular weight excluding hydrogens is 1010 g/mol. The van der Waals surface area contributed by atoms with E-state index in [0.29, 0.717) is 12.8 Å². The van der Waals surface area contributed by atoms with Crippen molar-refractivity contribution in [1.82, 2.24) is 5.32 Å². The number of aliphatic hydroxyl groups excluding tert-OH is 5. The maximum Gasteiger partial charge on any atom is 0.306 e. The van der Waals surface area contributed by atoms with Crippen molar-refractivity contribution in [3.63, 3.8) is 0 Å². The minimum atomic E-state index is -1.63. The van der Waals surface area contributed by atoms with Gasteiger partial charge in [-0.25, -0.2) is 0 Å². The third kappa shape index (κ3) is 44.7. The van der Waals surface area contributed by atoms with Gasteiger partial charge in [0.15, 0.2) is 12.4 Å². The summed E-state index contributed by atoms with van der Waals surface area (Å²) in [5.41, 5.74) is 0. The Morgan fingerprint density at radius 1 is 0.494 bits per heavy atom. The molecule has 1 rings (SSSR count). The van der Waals surface area contributed by atoms with Gasteiger partial charge in [-0.15, -0.1) is 0 Å². The Morgan fingerprint density at radius 2 is 0.889 bits per heavy atom. The molecule has 0 radical (unpaired) electrons. The second kappa shape index (κ2) is 57.0. The number of ether oxygens (including phenoxy) is 3. The van der Waals surface area contributed by atoms with E-state index in [1.54, 1.807) is 6.08 Å². The van der Waals surface area contributed by atoms with Crippen LogP contribution in [0.15, 0.2) is 97.2 Å². The highest BCUT2D eigenvalue weighted by molar-refractivity contribution is 5.80. The average Bonchev–Trinajstić information content (AvgIpc) is 3.47. The Labute approximate surface area is 495 Å². The first-order chi connectivity index (χ1) is 39.7. The Morgan fingerprint density at radius 3 is 1.36 bits per heavy atom. The second-order valence-electron chi connectivity index (χ2n) is 22.5. The summed E-state index contributed by atoms with van der Waals surface area (Å²) in [5, 5.41) is 57.1. The quantitative estimate of drug-likeness (QED) is 0.0195. The molecule has 0 aromatic heterocycles. The Kier molecular flexibility index (Phi) is 53.2. The monoisotopic (exact) mass is 1140 g/mol. The van der Waals surface area contributed by atoms with Crippen molar-refractivity contribution in [2.45, 2.75) is 320 Å². The number of allylic oxidation sites excluding steroid dienone is 15. The highest BCUT2D eigenvalue weighted by Gasteiger charge is 2.47. The molecular formula is C70H121NO10. The van der Waals surface area contributed by atoms with Crippen LogP contribution in [0.1, 0.15) is 271 Å². The first kappa shape index (κ1) is 75.6. The van der Waals surface area contributed by atoms with Crippen LogP contribution in [0.5, 0.6) is 0 Å². The van der Waals surface area contributed by atoms with E-state index in [0.717, 1.165) is 103 Å². The molecule has 0 aromatic carbocycles. The van der Waals surface area contributed by atoms with Gasteiger partial charge in [-0.3, -0.25) is 9.59 Å². The standard InChI is InChI=1S/C70H121NO10/c1-4-7-10-13-16-19-22-25-27-29-31-33-34-36-39-42-45-48-51-54-57-63(74)69(78)71-61(62(73)56-53-50-47-44-41-38-24-21-18-15-12-9-6-3)60-79-70-68(67(77)66(76)64(59-72)80-70)81-65(75)58-55-52-49-46-43-40-37-35-32-30-28-26-23-20-17-14-11-8-5-2/h8,11,16-17,19-20,25-28,32,35,40,43,53,56,61-64,66-68,70,72-74,76-77H,4-7,9-10,12-15,18,21-24,29-31,33-34,36-39,41-42,44-52,54-55,57-60H2,1-3H3,(H,71,78)/b11-8-,19-16-,20-17-,27-25-,28-26-,35-32-,43-40-,56-53+. The van der Waals surface area contributed by atoms with Gasteiger partial charge < -0.3 is 45.1 Å². The fraction of sp³-hybridized carbons (Fsp3) is 0.743. The zero-order chi connectivity index (χ0) is 58.9. The Balaban J connectivity index is 2.68. The average molecular weight is 1140 g/mol. The highest BCUT2D eigenvalue weighted by Crippen LogP contribution is 2.26. The van der Waals surface area contributed by atoms with Gasteiger partial charge in [0.05, 0.1) is 25.4 Å². The van der Waals surface area contributed by atoms with Gasteiger partial charge in [0, 0.05) is 6.42 Å². The predicted octanol–water partition coefficient (Wildman–Crippen LogP) is 16.3. The fourth-order valence-electron chi connectivity index (χ4n) is 9.77. The Hall–Kier alpha value is -3.42. The molecule has 6 N–H and O–H groups in total. The van der Waals surface area contributed by atoms with Crippen LogP contribution in [-0.4, -0.2) is 99.6 Å². The summed E-state index contributed by atoms with van der Waals surface area (Å²) in [6, 6.07) is -1.04. The van der Waals surface area contributed by atoms with Crippen molar-refractivity contribution >= 4 is 11.9 Å². The van der Waals surface area contributed by atoms with E-state index < -0.39 is 67.4 Å². The minimum Gasteiger partial charge on any atom is -0.454 e. The lowest BCUT2D eigenvalue weighted by Gasteiger charge is -2.41. The number of esters is 1. The predicted molar refractivity (Wildman–Crippen MR) is 338 cm³/mol. The number of nitrogens with one attached hydrogen (secondary N) is 1. The molecule has 8 atom stereocenters. The van der Waals surface area contributed by atoms with Crippen LogP contribution in [0.4, 0.5) is 0 Å². The number of aliphatic hydroxyl groups is 5. The van der Waals surface area contributed by atoms with Crippen molar-refractivity contribution in [2.75, 3.05) is 13.2 Å². The van der Waals surface area contributed by atoms with E-state index in [1.807, 2.05) is 6.08 Å². The molecule has 8 unspecified atom stereocenters. The van der Waals surface area contributed by atoms with Crippen molar-refractivity contribution in [3.05, 3.63) is 97.2 Å². The molecule has 1 heterocycles. The lowest BCUT2D eigenvalue weighted by molar-refractivity contribution is -0.305. The summed E-state index contributed by atoms with van der Waals surface area (Å²) in [6.07, 6.45) is 65.8. The lowest BCUT2D eigenvalue weighted by atomic mass is 9.99. The number of hydrogen-bond donors (Lipinski definition) is 6. The Bertz CT molecular complexity index is 1690. The fourth-order valence-corrected chi connectivity index (χ4v) is 9.77. The first-order valence-electron chi connectivity index (χ1n) is 33.0. The topological polar surface area (TPSA) is 175 Å². The van der Waals surface area contributed by atoms with Crippen LogP contribution in [0.2, 0.25) is 0 Å². The molecule has 466 valence electrons. The van der Waals surface area contributed by atoms with Gasteiger partial charge in [-0.05, 0) is 103 Å². The second-order valence-corrected chi connectivity index (χ2v) is 22.5. The van der Waals surface area contributed by atoms with E-state index >= 15 is 0 Å². The normalized spacial score (nSPS) is 19.3. The number of amides is 1. The van der Waals surface area contributed by atoms with E-state index in [4.69, 9.17) is 14.2 Å². The maximum absolute atomic E-state index is 13.5. The van der Waals surface area contributed by atoms with Crippen LogP contribution in [-0.2, 0) is 23.8 Å². The van der Waals surface area contributed by atoms with Gasteiger partial charge in [-0.1, -0.05) is 259 Å². The van der Waals surface area contributed by atoms with Crippen LogP contribution < -0.4 is 5.32 Å². The zero-order valence-electron chi connectivity index (χ0n) is 51.6. The smallest absolute Gasteiger partial charge is 0.306 e. The van der Waals surface area contributed by atoms with Crippen molar-refractivity contribution in [2.24, 2.45) is 0 Å². The summed E-state index contributed by atoms with van der Waals surface area (Å²) in [5.74, 6) is -1.23. The van der Waals surface area contributed by atoms with E-state index in [2.05, 4.69) is 111 Å². The van der Waals surface area contributed by atoms with Gasteiger partial charge in [0.25, 0.3) is 0 Å². The van der Waals surface area contributed by atoms with Crippen molar-refractivity contribution < 1.29 is 49.3 Å². The number of hydrogen-bond acceptors (Lipinski definition) is 10. The lowest BCUT2D eigenvalue weighted by Crippen LogP contribution is -2.61. The number of carbonyl (C=O) groups excluding carboxylic acids is 2. The van der Waals surface area contributed by atoms with Gasteiger partial charge in [0.1, 0.15) is 24.4 Å². The van der Waals surface area contributed by atoms with Crippen LogP contribution in [0.25, 0.3) is 0 Å². The number of carbonyl (C=O) groups is 2. The molecule has 0 bridgehead atoms. The van der Waals surface area contributed by atoms with Gasteiger partial charge >= 0.3 is 5.97 Å². The minimum absolute atomic E-state index is 0.0802. The van der Waals surface area contributed by atoms with E-state index in [-0.39, 0.29) is 19.4 Å². The highest BCUT2D eigenvalue weighted by atomic mass is 16.7. The molecule has 1 amide bonds. The number of rotatable bonds is 55. The molecule has 1 aliphatic heterocycles. The third-order valence-electron chi connectivity index (χ3n) is 15.0. The first-order valence-corrected chi connectivity index (χ1v) is 33.0. The molecule has 81 heavy (non-hydrogen) atoms. The molecule has 11 heteroatoms. The molecule has 1 aliphatic rings. The largest absolute Gasteiger partial charge is 0.454 e.